The summed E-state index contributed by atoms with van der Waals surface area (Å²) < 4.78 is 5.35. The lowest BCUT2D eigenvalue weighted by molar-refractivity contribution is -0.127. The van der Waals surface area contributed by atoms with Crippen LogP contribution < -0.4 is 15.4 Å². The Bertz CT molecular complexity index is 714. The number of likely N-dealkylation sites (tertiary alicyclic amines) is 1. The number of carbonyl (C=O) groups excluding carboxylic acids is 1. The van der Waals surface area contributed by atoms with Crippen molar-refractivity contribution in [2.45, 2.75) is 57.0 Å². The van der Waals surface area contributed by atoms with Crippen molar-refractivity contribution >= 4 is 35.8 Å². The van der Waals surface area contributed by atoms with Gasteiger partial charge in [-0.15, -0.1) is 24.0 Å². The molecule has 2 N–H and O–H groups in total. The summed E-state index contributed by atoms with van der Waals surface area (Å²) in [5.41, 5.74) is 1.28. The summed E-state index contributed by atoms with van der Waals surface area (Å²) in [6.45, 7) is 3.13. The van der Waals surface area contributed by atoms with Gasteiger partial charge in [0.15, 0.2) is 5.96 Å². The highest BCUT2D eigenvalue weighted by Gasteiger charge is 2.24. The summed E-state index contributed by atoms with van der Waals surface area (Å²) in [5.74, 6) is 1.63. The highest BCUT2D eigenvalue weighted by Crippen LogP contribution is 2.26. The van der Waals surface area contributed by atoms with Crippen LogP contribution in [0.3, 0.4) is 0 Å². The highest BCUT2D eigenvalue weighted by atomic mass is 127. The second-order valence-electron chi connectivity index (χ2n) is 8.85. The Morgan fingerprint density at radius 3 is 2.38 bits per heavy atom. The topological polar surface area (TPSA) is 69.2 Å². The number of likely N-dealkylation sites (N-methyl/N-ethyl adjacent to an activating group) is 1. The molecule has 2 aliphatic rings. The van der Waals surface area contributed by atoms with Gasteiger partial charge in [0.25, 0.3) is 0 Å². The van der Waals surface area contributed by atoms with Gasteiger partial charge in [-0.25, -0.2) is 4.99 Å². The Balaban J connectivity index is 0.00000363. The van der Waals surface area contributed by atoms with Crippen molar-refractivity contribution in [2.24, 2.45) is 4.99 Å². The van der Waals surface area contributed by atoms with E-state index in [9.17, 15) is 4.79 Å². The van der Waals surface area contributed by atoms with Gasteiger partial charge in [0.1, 0.15) is 12.3 Å². The molecular weight excluding hydrogens is 517 g/mol. The second kappa shape index (κ2) is 13.9. The number of carbonyl (C=O) groups is 1. The summed E-state index contributed by atoms with van der Waals surface area (Å²) in [4.78, 5) is 20.9. The number of nitrogens with zero attached hydrogens (tertiary/aromatic N) is 3. The van der Waals surface area contributed by atoms with Crippen LogP contribution in [0.15, 0.2) is 29.3 Å². The van der Waals surface area contributed by atoms with Gasteiger partial charge in [-0.2, -0.15) is 0 Å². The minimum atomic E-state index is 0. The van der Waals surface area contributed by atoms with Crippen molar-refractivity contribution in [2.75, 3.05) is 47.4 Å². The van der Waals surface area contributed by atoms with E-state index >= 15 is 0 Å². The van der Waals surface area contributed by atoms with Crippen molar-refractivity contribution in [1.29, 1.82) is 0 Å². The minimum Gasteiger partial charge on any atom is -0.497 e. The summed E-state index contributed by atoms with van der Waals surface area (Å²) in [5, 5.41) is 7.13. The Hall–Kier alpha value is -1.55. The molecule has 1 heterocycles. The largest absolute Gasteiger partial charge is 0.497 e. The maximum atomic E-state index is 12.1. The Morgan fingerprint density at radius 1 is 1.12 bits per heavy atom. The molecule has 1 saturated heterocycles. The summed E-state index contributed by atoms with van der Waals surface area (Å²) in [7, 11) is 5.24. The van der Waals surface area contributed by atoms with Crippen LogP contribution in [0.2, 0.25) is 0 Å². The van der Waals surface area contributed by atoms with Crippen molar-refractivity contribution < 1.29 is 9.53 Å². The molecule has 1 saturated carbocycles. The Labute approximate surface area is 210 Å². The van der Waals surface area contributed by atoms with Crippen LogP contribution in [0.4, 0.5) is 0 Å². The molecule has 8 heteroatoms. The van der Waals surface area contributed by atoms with Gasteiger partial charge in [-0.3, -0.25) is 9.69 Å². The van der Waals surface area contributed by atoms with Gasteiger partial charge in [0, 0.05) is 26.7 Å². The van der Waals surface area contributed by atoms with Crippen LogP contribution in [0, 0.1) is 0 Å². The number of aliphatic imine (C=N–C) groups is 1. The molecule has 180 valence electrons. The van der Waals surface area contributed by atoms with Crippen molar-refractivity contribution in [3.05, 3.63) is 29.8 Å². The number of amides is 1. The fraction of sp³-hybridized carbons (Fsp3) is 0.667. The molecule has 1 atom stereocenters. The molecule has 1 aliphatic carbocycles. The predicted molar refractivity (Wildman–Crippen MR) is 141 cm³/mol. The van der Waals surface area contributed by atoms with Gasteiger partial charge < -0.3 is 20.3 Å². The number of ether oxygens (including phenoxy) is 1. The minimum absolute atomic E-state index is 0. The van der Waals surface area contributed by atoms with E-state index in [0.29, 0.717) is 6.04 Å². The van der Waals surface area contributed by atoms with Crippen molar-refractivity contribution in [3.8, 4) is 5.75 Å². The first kappa shape index (κ1) is 26.7. The molecular formula is C24H40IN5O2. The van der Waals surface area contributed by atoms with Crippen molar-refractivity contribution in [1.82, 2.24) is 20.4 Å². The Morgan fingerprint density at radius 2 is 1.78 bits per heavy atom. The molecule has 0 spiro atoms. The van der Waals surface area contributed by atoms with Crippen LogP contribution >= 0.6 is 24.0 Å². The summed E-state index contributed by atoms with van der Waals surface area (Å²) in [6.07, 6.45) is 8.62. The number of methoxy groups -OCH3 is 1. The zero-order valence-corrected chi connectivity index (χ0v) is 22.1. The highest BCUT2D eigenvalue weighted by molar-refractivity contribution is 14.0. The third-order valence-electron chi connectivity index (χ3n) is 6.36. The van der Waals surface area contributed by atoms with Gasteiger partial charge in [-0.05, 0) is 56.5 Å². The third-order valence-corrected chi connectivity index (χ3v) is 6.36. The molecule has 1 aromatic rings. The molecule has 1 unspecified atom stereocenters. The average Bonchev–Trinajstić information content (AvgIpc) is 3.31. The normalized spacial score (nSPS) is 18.5. The average molecular weight is 558 g/mol. The second-order valence-corrected chi connectivity index (χ2v) is 8.85. The van der Waals surface area contributed by atoms with Gasteiger partial charge in [-0.1, -0.05) is 31.4 Å². The molecule has 0 aromatic heterocycles. The molecule has 1 amide bonds. The summed E-state index contributed by atoms with van der Waals surface area (Å²) in [6, 6.07) is 9.09. The molecule has 1 aromatic carbocycles. The van der Waals surface area contributed by atoms with E-state index in [2.05, 4.69) is 32.7 Å². The standard InChI is InChI=1S/C24H39N5O2.HI/c1-28(2)23(30)18-26-24(27-20-9-5-6-10-20)25-17-22(29-15-7-4-8-16-29)19-11-13-21(31-3)14-12-19;/h11-14,20,22H,4-10,15-18H2,1-3H3,(H2,25,26,27);1H. The lowest BCUT2D eigenvalue weighted by Gasteiger charge is -2.35. The van der Waals surface area contributed by atoms with Crippen LogP contribution in [0.25, 0.3) is 0 Å². The number of benzene rings is 1. The van der Waals surface area contributed by atoms with E-state index in [1.807, 2.05) is 12.1 Å². The first-order valence-electron chi connectivity index (χ1n) is 11.7. The summed E-state index contributed by atoms with van der Waals surface area (Å²) >= 11 is 0. The first-order chi connectivity index (χ1) is 15.1. The molecule has 7 nitrogen and oxygen atoms in total. The number of hydrogen-bond acceptors (Lipinski definition) is 4. The molecule has 32 heavy (non-hydrogen) atoms. The van der Waals surface area contributed by atoms with Crippen LogP contribution in [0.5, 0.6) is 5.75 Å². The number of guanidine groups is 1. The molecule has 0 bridgehead atoms. The van der Waals surface area contributed by atoms with E-state index in [0.717, 1.165) is 44.2 Å². The quantitative estimate of drug-likeness (QED) is 0.292. The monoisotopic (exact) mass is 557 g/mol. The van der Waals surface area contributed by atoms with E-state index in [-0.39, 0.29) is 42.5 Å². The number of rotatable bonds is 8. The smallest absolute Gasteiger partial charge is 0.243 e. The maximum Gasteiger partial charge on any atom is 0.243 e. The van der Waals surface area contributed by atoms with Gasteiger partial charge >= 0.3 is 0 Å². The predicted octanol–water partition coefficient (Wildman–Crippen LogP) is 3.41. The zero-order chi connectivity index (χ0) is 22.1. The SMILES string of the molecule is COc1ccc(C(CNC(=NCC(=O)N(C)C)NC2CCCC2)N2CCCCC2)cc1.I. The van der Waals surface area contributed by atoms with Gasteiger partial charge in [0.2, 0.25) is 5.91 Å². The van der Waals surface area contributed by atoms with E-state index < -0.39 is 0 Å². The molecule has 0 radical (unpaired) electrons. The van der Waals surface area contributed by atoms with E-state index in [1.165, 1.54) is 37.7 Å². The van der Waals surface area contributed by atoms with E-state index in [4.69, 9.17) is 4.74 Å². The third kappa shape index (κ3) is 8.10. The number of hydrogen-bond donors (Lipinski definition) is 2. The number of piperidine rings is 1. The van der Waals surface area contributed by atoms with Crippen molar-refractivity contribution in [3.63, 3.8) is 0 Å². The molecule has 1 aliphatic heterocycles. The molecule has 3 rings (SSSR count). The van der Waals surface area contributed by atoms with Crippen LogP contribution in [0.1, 0.15) is 56.6 Å². The Kier molecular flexibility index (Phi) is 11.6. The number of nitrogens with one attached hydrogen (secondary N) is 2. The van der Waals surface area contributed by atoms with Crippen LogP contribution in [-0.4, -0.2) is 75.1 Å². The van der Waals surface area contributed by atoms with Crippen LogP contribution in [-0.2, 0) is 4.79 Å². The fourth-order valence-corrected chi connectivity index (χ4v) is 4.41. The lowest BCUT2D eigenvalue weighted by Crippen LogP contribution is -2.47. The maximum absolute atomic E-state index is 12.1. The first-order valence-corrected chi connectivity index (χ1v) is 11.7. The number of halogens is 1. The lowest BCUT2D eigenvalue weighted by atomic mass is 10.0. The molecule has 2 fully saturated rings. The van der Waals surface area contributed by atoms with E-state index in [1.54, 1.807) is 26.1 Å². The van der Waals surface area contributed by atoms with Gasteiger partial charge in [0.05, 0.1) is 13.2 Å². The zero-order valence-electron chi connectivity index (χ0n) is 19.8. The fourth-order valence-electron chi connectivity index (χ4n) is 4.41.